The Hall–Kier alpha value is -3.25. The van der Waals surface area contributed by atoms with Gasteiger partial charge < -0.3 is 18.8 Å². The first kappa shape index (κ1) is 28.8. The van der Waals surface area contributed by atoms with Crippen molar-refractivity contribution >= 4 is 16.2 Å². The van der Waals surface area contributed by atoms with E-state index < -0.39 is 16.2 Å². The molecule has 10 nitrogen and oxygen atoms in total. The van der Waals surface area contributed by atoms with Crippen LogP contribution in [0, 0.1) is 13.8 Å². The number of rotatable bonds is 11. The topological polar surface area (TPSA) is 105 Å². The molecule has 1 fully saturated rings. The second-order valence-electron chi connectivity index (χ2n) is 9.69. The Morgan fingerprint density at radius 2 is 1.79 bits per heavy atom. The minimum atomic E-state index is -3.86. The summed E-state index contributed by atoms with van der Waals surface area (Å²) in [5, 5.41) is 0. The predicted molar refractivity (Wildman–Crippen MR) is 147 cm³/mol. The Morgan fingerprint density at radius 3 is 2.49 bits per heavy atom. The quantitative estimate of drug-likeness (QED) is 0.332. The molecule has 4 rings (SSSR count). The molecule has 11 heteroatoms. The summed E-state index contributed by atoms with van der Waals surface area (Å²) in [4.78, 5) is 18.8. The van der Waals surface area contributed by atoms with Crippen molar-refractivity contribution < 1.29 is 27.1 Å². The van der Waals surface area contributed by atoms with Gasteiger partial charge in [0.15, 0.2) is 0 Å². The summed E-state index contributed by atoms with van der Waals surface area (Å²) in [5.41, 5.74) is 3.62. The predicted octanol–water partition coefficient (Wildman–Crippen LogP) is 3.05. The van der Waals surface area contributed by atoms with Gasteiger partial charge in [-0.05, 0) is 50.7 Å². The number of likely N-dealkylation sites (N-methyl/N-ethyl adjacent to an activating group) is 1. The maximum absolute atomic E-state index is 13.4. The number of carbonyl (C=O) groups is 1. The lowest BCUT2D eigenvalue weighted by molar-refractivity contribution is -0.140. The molecule has 0 bridgehead atoms. The number of piperazine rings is 1. The van der Waals surface area contributed by atoms with E-state index in [4.69, 9.17) is 13.9 Å². The Morgan fingerprint density at radius 1 is 1.08 bits per heavy atom. The van der Waals surface area contributed by atoms with Crippen molar-refractivity contribution in [3.8, 4) is 17.2 Å². The number of carbonyl (C=O) groups excluding carboxylic acids is 1. The summed E-state index contributed by atoms with van der Waals surface area (Å²) in [6.07, 6.45) is 0.553. The SMILES string of the molecule is COC(=O)CN(Cc1cccc(OCCc2nc(-c3ccc(C)cc3)oc2C)c1)S(=O)(=O)N1CCN(C)CC1. The molecule has 0 saturated carbocycles. The summed E-state index contributed by atoms with van der Waals surface area (Å²) in [7, 11) is -0.664. The molecule has 0 atom stereocenters. The van der Waals surface area contributed by atoms with Gasteiger partial charge in [0.1, 0.15) is 18.1 Å². The lowest BCUT2D eigenvalue weighted by atomic mass is 10.1. The lowest BCUT2D eigenvalue weighted by Crippen LogP contribution is -2.52. The molecule has 210 valence electrons. The van der Waals surface area contributed by atoms with Gasteiger partial charge in [0.2, 0.25) is 5.89 Å². The Bertz CT molecular complexity index is 1360. The smallest absolute Gasteiger partial charge is 0.321 e. The zero-order chi connectivity index (χ0) is 28.0. The first-order valence-electron chi connectivity index (χ1n) is 12.9. The van der Waals surface area contributed by atoms with E-state index in [1.165, 1.54) is 17.0 Å². The van der Waals surface area contributed by atoms with Crippen molar-refractivity contribution in [1.29, 1.82) is 0 Å². The highest BCUT2D eigenvalue weighted by Gasteiger charge is 2.33. The third-order valence-corrected chi connectivity index (χ3v) is 8.63. The van der Waals surface area contributed by atoms with Crippen LogP contribution < -0.4 is 4.74 Å². The van der Waals surface area contributed by atoms with Crippen LogP contribution in [0.15, 0.2) is 52.9 Å². The molecule has 2 heterocycles. The van der Waals surface area contributed by atoms with Gasteiger partial charge in [0.05, 0.1) is 19.4 Å². The standard InChI is InChI=1S/C28H36N4O6S/c1-21-8-10-24(11-9-21)28-29-26(22(2)38-28)12-17-37-25-7-5-6-23(18-25)19-32(20-27(33)36-4)39(34,35)31-15-13-30(3)14-16-31/h5-11,18H,12-17,19-20H2,1-4H3. The summed E-state index contributed by atoms with van der Waals surface area (Å²) in [6, 6.07) is 15.2. The molecule has 39 heavy (non-hydrogen) atoms. The lowest BCUT2D eigenvalue weighted by Gasteiger charge is -2.35. The first-order chi connectivity index (χ1) is 18.7. The van der Waals surface area contributed by atoms with E-state index in [9.17, 15) is 13.2 Å². The normalized spacial score (nSPS) is 15.0. The van der Waals surface area contributed by atoms with Crippen molar-refractivity contribution in [2.24, 2.45) is 0 Å². The Kier molecular flexibility index (Phi) is 9.39. The summed E-state index contributed by atoms with van der Waals surface area (Å²) in [6.45, 7) is 5.94. The van der Waals surface area contributed by atoms with Crippen LogP contribution in [0.2, 0.25) is 0 Å². The molecule has 1 aromatic heterocycles. The number of methoxy groups -OCH3 is 1. The van der Waals surface area contributed by atoms with Gasteiger partial charge in [0.25, 0.3) is 10.2 Å². The molecule has 1 aliphatic heterocycles. The van der Waals surface area contributed by atoms with Crippen molar-refractivity contribution in [3.63, 3.8) is 0 Å². The Balaban J connectivity index is 1.40. The highest BCUT2D eigenvalue weighted by molar-refractivity contribution is 7.86. The van der Waals surface area contributed by atoms with Crippen LogP contribution in [-0.4, -0.2) is 86.4 Å². The molecule has 3 aromatic rings. The van der Waals surface area contributed by atoms with E-state index >= 15 is 0 Å². The van der Waals surface area contributed by atoms with Crippen molar-refractivity contribution in [3.05, 3.63) is 71.1 Å². The zero-order valence-corrected chi connectivity index (χ0v) is 23.7. The second kappa shape index (κ2) is 12.7. The van der Waals surface area contributed by atoms with Crippen molar-refractivity contribution in [2.75, 3.05) is 53.5 Å². The molecular formula is C28H36N4O6S. The van der Waals surface area contributed by atoms with E-state index in [0.29, 0.717) is 56.4 Å². The Labute approximate surface area is 230 Å². The summed E-state index contributed by atoms with van der Waals surface area (Å²) in [5.74, 6) is 1.31. The molecule has 0 spiro atoms. The van der Waals surface area contributed by atoms with Gasteiger partial charge in [-0.25, -0.2) is 4.98 Å². The maximum atomic E-state index is 13.4. The van der Waals surface area contributed by atoms with Crippen LogP contribution in [-0.2, 0) is 32.7 Å². The van der Waals surface area contributed by atoms with Gasteiger partial charge in [-0.1, -0.05) is 29.8 Å². The van der Waals surface area contributed by atoms with Crippen molar-refractivity contribution in [2.45, 2.75) is 26.8 Å². The zero-order valence-electron chi connectivity index (χ0n) is 22.9. The minimum absolute atomic E-state index is 0.0171. The van der Waals surface area contributed by atoms with Crippen LogP contribution in [0.3, 0.4) is 0 Å². The number of oxazole rings is 1. The second-order valence-corrected chi connectivity index (χ2v) is 11.6. The summed E-state index contributed by atoms with van der Waals surface area (Å²) >= 11 is 0. The molecule has 0 unspecified atom stereocenters. The highest BCUT2D eigenvalue weighted by atomic mass is 32.2. The molecule has 0 amide bonds. The van der Waals surface area contributed by atoms with E-state index in [1.54, 1.807) is 12.1 Å². The third kappa shape index (κ3) is 7.45. The van der Waals surface area contributed by atoms with Gasteiger partial charge in [-0.3, -0.25) is 4.79 Å². The van der Waals surface area contributed by atoms with Crippen LogP contribution in [0.1, 0.15) is 22.6 Å². The average Bonchev–Trinajstić information content (AvgIpc) is 3.29. The first-order valence-corrected chi connectivity index (χ1v) is 14.3. The van der Waals surface area contributed by atoms with Gasteiger partial charge in [0, 0.05) is 44.7 Å². The number of nitrogens with zero attached hydrogens (tertiary/aromatic N) is 4. The number of esters is 1. The van der Waals surface area contributed by atoms with E-state index in [0.717, 1.165) is 21.3 Å². The number of hydrogen-bond donors (Lipinski definition) is 0. The molecule has 1 aliphatic rings. The van der Waals surface area contributed by atoms with Crippen LogP contribution in [0.25, 0.3) is 11.5 Å². The average molecular weight is 557 g/mol. The fourth-order valence-corrected chi connectivity index (χ4v) is 5.82. The molecule has 0 radical (unpaired) electrons. The van der Waals surface area contributed by atoms with Gasteiger partial charge in [-0.2, -0.15) is 17.0 Å². The number of benzene rings is 2. The molecule has 1 saturated heterocycles. The largest absolute Gasteiger partial charge is 0.493 e. The van der Waals surface area contributed by atoms with Crippen LogP contribution in [0.5, 0.6) is 5.75 Å². The minimum Gasteiger partial charge on any atom is -0.493 e. The molecular weight excluding hydrogens is 520 g/mol. The number of ether oxygens (including phenoxy) is 2. The fourth-order valence-electron chi connectivity index (χ4n) is 4.29. The number of aryl methyl sites for hydroxylation is 2. The number of hydrogen-bond acceptors (Lipinski definition) is 8. The fraction of sp³-hybridized carbons (Fsp3) is 0.429. The third-order valence-electron chi connectivity index (χ3n) is 6.70. The van der Waals surface area contributed by atoms with Gasteiger partial charge >= 0.3 is 5.97 Å². The number of aromatic nitrogens is 1. The summed E-state index contributed by atoms with van der Waals surface area (Å²) < 4.78 is 46.0. The maximum Gasteiger partial charge on any atom is 0.321 e. The van der Waals surface area contributed by atoms with Crippen LogP contribution >= 0.6 is 0 Å². The van der Waals surface area contributed by atoms with E-state index in [2.05, 4.69) is 9.88 Å². The molecule has 0 N–H and O–H groups in total. The van der Waals surface area contributed by atoms with E-state index in [1.807, 2.05) is 57.3 Å². The highest BCUT2D eigenvalue weighted by Crippen LogP contribution is 2.23. The van der Waals surface area contributed by atoms with Crippen LogP contribution in [0.4, 0.5) is 0 Å². The van der Waals surface area contributed by atoms with Crippen molar-refractivity contribution in [1.82, 2.24) is 18.5 Å². The molecule has 2 aromatic carbocycles. The van der Waals surface area contributed by atoms with E-state index in [-0.39, 0.29) is 13.1 Å². The monoisotopic (exact) mass is 556 g/mol. The molecule has 0 aliphatic carbocycles. The van der Waals surface area contributed by atoms with Gasteiger partial charge in [-0.15, -0.1) is 0 Å².